The number of sulfone groups is 1. The van der Waals surface area contributed by atoms with Gasteiger partial charge in [0, 0.05) is 0 Å². The molecule has 5 nitrogen and oxygen atoms in total. The molecule has 2 atom stereocenters. The fourth-order valence-corrected chi connectivity index (χ4v) is 4.48. The maximum absolute atomic E-state index is 11.9. The predicted octanol–water partition coefficient (Wildman–Crippen LogP) is 1.76. The van der Waals surface area contributed by atoms with Crippen molar-refractivity contribution in [2.75, 3.05) is 5.75 Å². The molecule has 1 saturated carbocycles. The van der Waals surface area contributed by atoms with Crippen molar-refractivity contribution in [2.45, 2.75) is 68.8 Å². The quantitative estimate of drug-likeness (QED) is 0.853. The SMILES string of the molecule is CC(C(=O)O)S(=O)(=O)CC1CCC2(CCCCC2)O1. The Labute approximate surface area is 114 Å². The van der Waals surface area contributed by atoms with Crippen LogP contribution >= 0.6 is 0 Å². The number of ether oxygens (including phenoxy) is 1. The van der Waals surface area contributed by atoms with Gasteiger partial charge in [-0.3, -0.25) is 4.79 Å². The maximum Gasteiger partial charge on any atom is 0.321 e. The van der Waals surface area contributed by atoms with Gasteiger partial charge in [0.1, 0.15) is 0 Å². The summed E-state index contributed by atoms with van der Waals surface area (Å²) in [5, 5.41) is 7.47. The molecule has 1 N–H and O–H groups in total. The van der Waals surface area contributed by atoms with Gasteiger partial charge in [0.05, 0.1) is 17.5 Å². The second-order valence-electron chi connectivity index (χ2n) is 5.83. The normalized spacial score (nSPS) is 28.4. The highest BCUT2D eigenvalue weighted by atomic mass is 32.2. The highest BCUT2D eigenvalue weighted by Crippen LogP contribution is 2.42. The van der Waals surface area contributed by atoms with E-state index in [0.29, 0.717) is 0 Å². The molecule has 0 aromatic rings. The first kappa shape index (κ1) is 14.8. The number of carboxylic acid groups (broad SMARTS) is 1. The van der Waals surface area contributed by atoms with E-state index in [0.717, 1.165) is 38.5 Å². The molecule has 1 aliphatic heterocycles. The Kier molecular flexibility index (Phi) is 4.20. The lowest BCUT2D eigenvalue weighted by Gasteiger charge is -2.33. The monoisotopic (exact) mass is 290 g/mol. The molecule has 2 rings (SSSR count). The molecule has 1 spiro atoms. The van der Waals surface area contributed by atoms with E-state index in [1.165, 1.54) is 13.3 Å². The van der Waals surface area contributed by atoms with Crippen LogP contribution in [-0.2, 0) is 19.4 Å². The second kappa shape index (κ2) is 5.40. The first-order valence-corrected chi connectivity index (χ1v) is 8.68. The number of aliphatic carboxylic acids is 1. The Hall–Kier alpha value is -0.620. The van der Waals surface area contributed by atoms with Crippen molar-refractivity contribution in [3.8, 4) is 0 Å². The summed E-state index contributed by atoms with van der Waals surface area (Å²) in [6.07, 6.45) is 6.85. The fraction of sp³-hybridized carbons (Fsp3) is 0.923. The Balaban J connectivity index is 1.96. The number of hydrogen-bond acceptors (Lipinski definition) is 4. The van der Waals surface area contributed by atoms with Crippen molar-refractivity contribution in [3.05, 3.63) is 0 Å². The molecule has 19 heavy (non-hydrogen) atoms. The molecule has 0 radical (unpaired) electrons. The Bertz CT molecular complexity index is 436. The van der Waals surface area contributed by atoms with E-state index in [2.05, 4.69) is 0 Å². The molecule has 6 heteroatoms. The smallest absolute Gasteiger partial charge is 0.321 e. The third kappa shape index (κ3) is 3.28. The van der Waals surface area contributed by atoms with Gasteiger partial charge in [0.25, 0.3) is 0 Å². The largest absolute Gasteiger partial charge is 0.480 e. The van der Waals surface area contributed by atoms with Crippen LogP contribution in [0.25, 0.3) is 0 Å². The minimum Gasteiger partial charge on any atom is -0.480 e. The van der Waals surface area contributed by atoms with Crippen LogP contribution in [0.3, 0.4) is 0 Å². The molecule has 0 aromatic heterocycles. The Morgan fingerprint density at radius 3 is 2.53 bits per heavy atom. The van der Waals surface area contributed by atoms with Crippen LogP contribution in [0.4, 0.5) is 0 Å². The van der Waals surface area contributed by atoms with Crippen molar-refractivity contribution in [3.63, 3.8) is 0 Å². The van der Waals surface area contributed by atoms with Gasteiger partial charge in [0.2, 0.25) is 0 Å². The molecule has 0 amide bonds. The molecule has 110 valence electrons. The fourth-order valence-electron chi connectivity index (χ4n) is 3.13. The molecule has 2 fully saturated rings. The number of rotatable bonds is 4. The zero-order chi connectivity index (χ0) is 14.1. The van der Waals surface area contributed by atoms with Crippen molar-refractivity contribution < 1.29 is 23.1 Å². The highest BCUT2D eigenvalue weighted by molar-refractivity contribution is 7.92. The van der Waals surface area contributed by atoms with Crippen molar-refractivity contribution >= 4 is 15.8 Å². The van der Waals surface area contributed by atoms with E-state index in [9.17, 15) is 13.2 Å². The van der Waals surface area contributed by atoms with Gasteiger partial charge in [-0.15, -0.1) is 0 Å². The summed E-state index contributed by atoms with van der Waals surface area (Å²) in [5.74, 6) is -1.45. The van der Waals surface area contributed by atoms with E-state index in [4.69, 9.17) is 9.84 Å². The summed E-state index contributed by atoms with van der Waals surface area (Å²) in [6.45, 7) is 1.23. The van der Waals surface area contributed by atoms with E-state index in [1.54, 1.807) is 0 Å². The van der Waals surface area contributed by atoms with Gasteiger partial charge in [-0.25, -0.2) is 8.42 Å². The molecule has 2 unspecified atom stereocenters. The van der Waals surface area contributed by atoms with Gasteiger partial charge < -0.3 is 9.84 Å². The van der Waals surface area contributed by atoms with Gasteiger partial charge in [-0.05, 0) is 32.6 Å². The van der Waals surface area contributed by atoms with Crippen LogP contribution in [0.2, 0.25) is 0 Å². The van der Waals surface area contributed by atoms with Crippen LogP contribution in [0.5, 0.6) is 0 Å². The summed E-state index contributed by atoms with van der Waals surface area (Å²) in [7, 11) is -3.62. The van der Waals surface area contributed by atoms with Gasteiger partial charge in [-0.2, -0.15) is 0 Å². The summed E-state index contributed by atoms with van der Waals surface area (Å²) >= 11 is 0. The van der Waals surface area contributed by atoms with Crippen LogP contribution in [0.15, 0.2) is 0 Å². The third-order valence-corrected chi connectivity index (χ3v) is 6.52. The van der Waals surface area contributed by atoms with Crippen molar-refractivity contribution in [2.24, 2.45) is 0 Å². The highest BCUT2D eigenvalue weighted by Gasteiger charge is 2.43. The zero-order valence-corrected chi connectivity index (χ0v) is 12.1. The average Bonchev–Trinajstić information content (AvgIpc) is 2.71. The minimum atomic E-state index is -3.62. The van der Waals surface area contributed by atoms with E-state index in [-0.39, 0.29) is 17.5 Å². The standard InChI is InChI=1S/C13H22O5S/c1-10(12(14)15)19(16,17)9-11-5-8-13(18-11)6-3-2-4-7-13/h10-11H,2-9H2,1H3,(H,14,15). The molecular weight excluding hydrogens is 268 g/mol. The van der Waals surface area contributed by atoms with Crippen LogP contribution in [0.1, 0.15) is 51.9 Å². The Morgan fingerprint density at radius 2 is 1.95 bits per heavy atom. The lowest BCUT2D eigenvalue weighted by Crippen LogP contribution is -2.36. The van der Waals surface area contributed by atoms with Gasteiger partial charge in [0.15, 0.2) is 15.1 Å². The van der Waals surface area contributed by atoms with E-state index >= 15 is 0 Å². The molecule has 2 aliphatic rings. The van der Waals surface area contributed by atoms with Crippen LogP contribution < -0.4 is 0 Å². The first-order chi connectivity index (χ1) is 8.85. The summed E-state index contributed by atoms with van der Waals surface area (Å²) in [6, 6.07) is 0. The van der Waals surface area contributed by atoms with E-state index in [1.807, 2.05) is 0 Å². The van der Waals surface area contributed by atoms with Gasteiger partial charge in [-0.1, -0.05) is 19.3 Å². The third-order valence-electron chi connectivity index (χ3n) is 4.41. The van der Waals surface area contributed by atoms with Crippen LogP contribution in [-0.4, -0.2) is 42.2 Å². The topological polar surface area (TPSA) is 80.7 Å². The predicted molar refractivity (Wildman–Crippen MR) is 70.8 cm³/mol. The van der Waals surface area contributed by atoms with Crippen molar-refractivity contribution in [1.29, 1.82) is 0 Å². The molecule has 1 saturated heterocycles. The molecule has 0 bridgehead atoms. The average molecular weight is 290 g/mol. The molecule has 1 heterocycles. The van der Waals surface area contributed by atoms with Crippen molar-refractivity contribution in [1.82, 2.24) is 0 Å². The number of hydrogen-bond donors (Lipinski definition) is 1. The summed E-state index contributed by atoms with van der Waals surface area (Å²) < 4.78 is 29.9. The zero-order valence-electron chi connectivity index (χ0n) is 11.3. The lowest BCUT2D eigenvalue weighted by atomic mass is 9.83. The number of carboxylic acids is 1. The first-order valence-electron chi connectivity index (χ1n) is 6.97. The van der Waals surface area contributed by atoms with E-state index < -0.39 is 21.1 Å². The summed E-state index contributed by atoms with van der Waals surface area (Å²) in [5.41, 5.74) is -0.120. The number of carbonyl (C=O) groups is 1. The molecular formula is C13H22O5S. The molecule has 0 aromatic carbocycles. The summed E-state index contributed by atoms with van der Waals surface area (Å²) in [4.78, 5) is 10.8. The molecule has 1 aliphatic carbocycles. The Morgan fingerprint density at radius 1 is 1.32 bits per heavy atom. The minimum absolute atomic E-state index is 0.120. The lowest BCUT2D eigenvalue weighted by molar-refractivity contribution is -0.136. The maximum atomic E-state index is 11.9. The second-order valence-corrected chi connectivity index (χ2v) is 8.20. The van der Waals surface area contributed by atoms with Crippen LogP contribution in [0, 0.1) is 0 Å². The van der Waals surface area contributed by atoms with Gasteiger partial charge >= 0.3 is 5.97 Å².